The van der Waals surface area contributed by atoms with Gasteiger partial charge in [0.25, 0.3) is 0 Å². The van der Waals surface area contributed by atoms with Crippen LogP contribution in [0.1, 0.15) is 25.3 Å². The highest BCUT2D eigenvalue weighted by atomic mass is 32.1. The third-order valence-corrected chi connectivity index (χ3v) is 4.23. The molecule has 0 saturated heterocycles. The molecular weight excluding hydrogens is 360 g/mol. The van der Waals surface area contributed by atoms with Gasteiger partial charge in [-0.15, -0.1) is 0 Å². The third-order valence-electron chi connectivity index (χ3n) is 3.98. The van der Waals surface area contributed by atoms with Gasteiger partial charge < -0.3 is 24.8 Å². The molecule has 27 heavy (non-hydrogen) atoms. The zero-order valence-electron chi connectivity index (χ0n) is 16.2. The van der Waals surface area contributed by atoms with E-state index in [-0.39, 0.29) is 0 Å². The number of hydrogen-bond acceptors (Lipinski definition) is 4. The smallest absolute Gasteiger partial charge is 0.170 e. The van der Waals surface area contributed by atoms with Crippen LogP contribution in [0.3, 0.4) is 0 Å². The second-order valence-corrected chi connectivity index (χ2v) is 6.42. The minimum atomic E-state index is 0.581. The van der Waals surface area contributed by atoms with Crippen LogP contribution in [0, 0.1) is 0 Å². The van der Waals surface area contributed by atoms with Crippen molar-refractivity contribution in [3.05, 3.63) is 48.0 Å². The summed E-state index contributed by atoms with van der Waals surface area (Å²) in [6.45, 7) is 3.63. The molecule has 0 radical (unpaired) electrons. The minimum Gasteiger partial charge on any atom is -0.493 e. The van der Waals surface area contributed by atoms with Crippen molar-refractivity contribution in [1.82, 2.24) is 5.32 Å². The Labute approximate surface area is 167 Å². The van der Waals surface area contributed by atoms with Crippen LogP contribution in [0.15, 0.2) is 42.5 Å². The topological polar surface area (TPSA) is 51.8 Å². The van der Waals surface area contributed by atoms with Gasteiger partial charge in [0.2, 0.25) is 0 Å². The zero-order valence-corrected chi connectivity index (χ0v) is 17.0. The zero-order chi connectivity index (χ0) is 19.5. The number of hydrogen-bond donors (Lipinski definition) is 2. The van der Waals surface area contributed by atoms with Crippen molar-refractivity contribution < 1.29 is 14.2 Å². The maximum absolute atomic E-state index is 5.80. The van der Waals surface area contributed by atoms with Crippen molar-refractivity contribution in [3.63, 3.8) is 0 Å². The average molecular weight is 389 g/mol. The molecule has 0 aliphatic rings. The molecule has 2 N–H and O–H groups in total. The van der Waals surface area contributed by atoms with Crippen LogP contribution in [0.4, 0.5) is 5.69 Å². The monoisotopic (exact) mass is 388 g/mol. The fourth-order valence-corrected chi connectivity index (χ4v) is 2.85. The molecule has 0 saturated carbocycles. The molecule has 0 spiro atoms. The number of thiocarbonyl (C=S) groups is 1. The van der Waals surface area contributed by atoms with E-state index in [1.807, 2.05) is 36.4 Å². The SMILES string of the molecule is CCCOc1ccccc1CCCNC(=S)Nc1ccc(OC)c(OC)c1. The molecule has 5 nitrogen and oxygen atoms in total. The molecule has 0 bridgehead atoms. The van der Waals surface area contributed by atoms with Crippen LogP contribution >= 0.6 is 12.2 Å². The van der Waals surface area contributed by atoms with Crippen molar-refractivity contribution in [2.75, 3.05) is 32.7 Å². The molecule has 2 aromatic carbocycles. The summed E-state index contributed by atoms with van der Waals surface area (Å²) in [5.41, 5.74) is 2.08. The Bertz CT molecular complexity index is 737. The second-order valence-electron chi connectivity index (χ2n) is 6.01. The Kier molecular flexibility index (Phi) is 8.71. The standard InChI is InChI=1S/C21H28N2O3S/c1-4-14-26-18-10-6-5-8-16(18)9-7-13-22-21(27)23-17-11-12-19(24-2)20(15-17)25-3/h5-6,8,10-12,15H,4,7,9,13-14H2,1-3H3,(H2,22,23,27). The molecule has 0 aromatic heterocycles. The van der Waals surface area contributed by atoms with E-state index in [0.29, 0.717) is 16.6 Å². The Morgan fingerprint density at radius 3 is 2.52 bits per heavy atom. The van der Waals surface area contributed by atoms with Crippen molar-refractivity contribution in [3.8, 4) is 17.2 Å². The first-order valence-electron chi connectivity index (χ1n) is 9.15. The predicted octanol–water partition coefficient (Wildman–Crippen LogP) is 4.41. The fourth-order valence-electron chi connectivity index (χ4n) is 2.63. The normalized spacial score (nSPS) is 10.2. The maximum atomic E-state index is 5.80. The van der Waals surface area contributed by atoms with Gasteiger partial charge in [-0.3, -0.25) is 0 Å². The number of rotatable bonds is 10. The summed E-state index contributed by atoms with van der Waals surface area (Å²) < 4.78 is 16.3. The molecule has 0 aliphatic heterocycles. The molecular formula is C21H28N2O3S. The Morgan fingerprint density at radius 1 is 1.00 bits per heavy atom. The Balaban J connectivity index is 1.78. The largest absolute Gasteiger partial charge is 0.493 e. The molecule has 0 unspecified atom stereocenters. The lowest BCUT2D eigenvalue weighted by molar-refractivity contribution is 0.314. The van der Waals surface area contributed by atoms with E-state index in [9.17, 15) is 0 Å². The van der Waals surface area contributed by atoms with Crippen LogP contribution in [-0.4, -0.2) is 32.5 Å². The van der Waals surface area contributed by atoms with E-state index in [4.69, 9.17) is 26.4 Å². The van der Waals surface area contributed by atoms with Gasteiger partial charge in [0.05, 0.1) is 20.8 Å². The highest BCUT2D eigenvalue weighted by molar-refractivity contribution is 7.80. The van der Waals surface area contributed by atoms with E-state index < -0.39 is 0 Å². The lowest BCUT2D eigenvalue weighted by Gasteiger charge is -2.14. The summed E-state index contributed by atoms with van der Waals surface area (Å²) in [5.74, 6) is 2.32. The summed E-state index contributed by atoms with van der Waals surface area (Å²) in [6, 6.07) is 13.8. The molecule has 0 fully saturated rings. The van der Waals surface area contributed by atoms with Crippen molar-refractivity contribution in [2.45, 2.75) is 26.2 Å². The molecule has 0 atom stereocenters. The van der Waals surface area contributed by atoms with E-state index in [1.54, 1.807) is 14.2 Å². The predicted molar refractivity (Wildman–Crippen MR) is 114 cm³/mol. The first-order chi connectivity index (χ1) is 13.2. The summed E-state index contributed by atoms with van der Waals surface area (Å²) in [4.78, 5) is 0. The molecule has 0 aliphatic carbocycles. The van der Waals surface area contributed by atoms with Crippen molar-refractivity contribution >= 4 is 23.0 Å². The Hall–Kier alpha value is -2.47. The number of methoxy groups -OCH3 is 2. The van der Waals surface area contributed by atoms with Crippen LogP contribution in [-0.2, 0) is 6.42 Å². The first-order valence-corrected chi connectivity index (χ1v) is 9.56. The highest BCUT2D eigenvalue weighted by Gasteiger charge is 2.06. The minimum absolute atomic E-state index is 0.581. The van der Waals surface area contributed by atoms with Gasteiger partial charge in [-0.05, 0) is 55.2 Å². The summed E-state index contributed by atoms with van der Waals surface area (Å²) in [7, 11) is 3.23. The van der Waals surface area contributed by atoms with Gasteiger partial charge >= 0.3 is 0 Å². The molecule has 2 aromatic rings. The molecule has 0 heterocycles. The van der Waals surface area contributed by atoms with Gasteiger partial charge in [-0.25, -0.2) is 0 Å². The van der Waals surface area contributed by atoms with E-state index in [2.05, 4.69) is 23.6 Å². The van der Waals surface area contributed by atoms with Gasteiger partial charge in [-0.1, -0.05) is 25.1 Å². The fraction of sp³-hybridized carbons (Fsp3) is 0.381. The summed E-state index contributed by atoms with van der Waals surface area (Å²) in [5, 5.41) is 6.98. The molecule has 2 rings (SSSR count). The number of aryl methyl sites for hydroxylation is 1. The van der Waals surface area contributed by atoms with Gasteiger partial charge in [0.1, 0.15) is 5.75 Å². The van der Waals surface area contributed by atoms with Crippen molar-refractivity contribution in [1.29, 1.82) is 0 Å². The number of anilines is 1. The average Bonchev–Trinajstić information content (AvgIpc) is 2.70. The van der Waals surface area contributed by atoms with E-state index in [1.165, 1.54) is 5.56 Å². The van der Waals surface area contributed by atoms with E-state index in [0.717, 1.165) is 43.9 Å². The lowest BCUT2D eigenvalue weighted by Crippen LogP contribution is -2.29. The summed E-state index contributed by atoms with van der Waals surface area (Å²) >= 11 is 5.37. The molecule has 146 valence electrons. The molecule has 6 heteroatoms. The van der Waals surface area contributed by atoms with Crippen molar-refractivity contribution in [2.24, 2.45) is 0 Å². The van der Waals surface area contributed by atoms with Gasteiger partial charge in [0, 0.05) is 18.3 Å². The first kappa shape index (κ1) is 20.8. The van der Waals surface area contributed by atoms with Crippen LogP contribution in [0.25, 0.3) is 0 Å². The highest BCUT2D eigenvalue weighted by Crippen LogP contribution is 2.29. The second kappa shape index (κ2) is 11.3. The summed E-state index contributed by atoms with van der Waals surface area (Å²) in [6.07, 6.45) is 2.90. The molecule has 0 amide bonds. The van der Waals surface area contributed by atoms with Gasteiger partial charge in [-0.2, -0.15) is 0 Å². The maximum Gasteiger partial charge on any atom is 0.170 e. The lowest BCUT2D eigenvalue weighted by atomic mass is 10.1. The van der Waals surface area contributed by atoms with Crippen LogP contribution in [0.5, 0.6) is 17.2 Å². The van der Waals surface area contributed by atoms with Crippen LogP contribution < -0.4 is 24.8 Å². The number of ether oxygens (including phenoxy) is 3. The third kappa shape index (κ3) is 6.64. The quantitative estimate of drug-likeness (QED) is 0.464. The number of para-hydroxylation sites is 1. The van der Waals surface area contributed by atoms with Crippen LogP contribution in [0.2, 0.25) is 0 Å². The number of nitrogens with one attached hydrogen (secondary N) is 2. The Morgan fingerprint density at radius 2 is 1.78 bits per heavy atom. The van der Waals surface area contributed by atoms with Gasteiger partial charge in [0.15, 0.2) is 16.6 Å². The van der Waals surface area contributed by atoms with E-state index >= 15 is 0 Å². The number of benzene rings is 2.